The number of carbonyl (C=O) groups is 1. The Kier molecular flexibility index (Phi) is 8.80. The third kappa shape index (κ3) is 6.19. The van der Waals surface area contributed by atoms with Crippen LogP contribution in [0.1, 0.15) is 58.1 Å². The molecular formula is C32H42N4O3. The Morgan fingerprint density at radius 2 is 1.67 bits per heavy atom. The molecule has 1 aliphatic rings. The summed E-state index contributed by atoms with van der Waals surface area (Å²) in [5.41, 5.74) is 9.15. The maximum absolute atomic E-state index is 13.7. The van der Waals surface area contributed by atoms with Gasteiger partial charge in [0.1, 0.15) is 0 Å². The topological polar surface area (TPSA) is 77.7 Å². The highest BCUT2D eigenvalue weighted by molar-refractivity contribution is 5.99. The van der Waals surface area contributed by atoms with Gasteiger partial charge in [-0.25, -0.2) is 0 Å². The molecule has 0 spiro atoms. The Labute approximate surface area is 232 Å². The van der Waals surface area contributed by atoms with Gasteiger partial charge in [0.25, 0.3) is 11.5 Å². The summed E-state index contributed by atoms with van der Waals surface area (Å²) in [5.74, 6) is -0.182. The summed E-state index contributed by atoms with van der Waals surface area (Å²) < 4.78 is 5.64. The number of nitrogens with one attached hydrogen (secondary N) is 2. The van der Waals surface area contributed by atoms with Crippen molar-refractivity contribution in [3.8, 4) is 11.1 Å². The average molecular weight is 531 g/mol. The molecule has 2 heterocycles. The molecule has 0 saturated carbocycles. The molecule has 1 aromatic heterocycles. The number of anilines is 2. The predicted octanol–water partition coefficient (Wildman–Crippen LogP) is 5.28. The highest BCUT2D eigenvalue weighted by Crippen LogP contribution is 2.35. The first-order valence-electron chi connectivity index (χ1n) is 13.9. The average Bonchev–Trinajstić information content (AvgIpc) is 2.90. The molecule has 4 rings (SSSR count). The lowest BCUT2D eigenvalue weighted by Crippen LogP contribution is -2.40. The van der Waals surface area contributed by atoms with E-state index in [0.717, 1.165) is 71.9 Å². The molecule has 1 fully saturated rings. The molecule has 7 heteroatoms. The number of carbonyl (C=O) groups excluding carboxylic acids is 1. The van der Waals surface area contributed by atoms with Gasteiger partial charge in [0.05, 0.1) is 0 Å². The summed E-state index contributed by atoms with van der Waals surface area (Å²) in [6.45, 7) is 12.6. The monoisotopic (exact) mass is 530 g/mol. The lowest BCUT2D eigenvalue weighted by atomic mass is 9.94. The second-order valence-corrected chi connectivity index (χ2v) is 10.8. The van der Waals surface area contributed by atoms with Crippen LogP contribution in [-0.4, -0.2) is 50.8 Å². The Balaban J connectivity index is 1.78. The number of pyridine rings is 1. The fourth-order valence-electron chi connectivity index (χ4n) is 5.66. The van der Waals surface area contributed by atoms with Crippen LogP contribution in [0.15, 0.2) is 41.2 Å². The van der Waals surface area contributed by atoms with E-state index in [4.69, 9.17) is 4.74 Å². The number of benzene rings is 2. The van der Waals surface area contributed by atoms with Crippen molar-refractivity contribution in [1.82, 2.24) is 10.3 Å². The van der Waals surface area contributed by atoms with Gasteiger partial charge in [0, 0.05) is 74.6 Å². The summed E-state index contributed by atoms with van der Waals surface area (Å²) in [5, 5.41) is 3.03. The Morgan fingerprint density at radius 1 is 0.974 bits per heavy atom. The molecule has 3 aromatic rings. The van der Waals surface area contributed by atoms with E-state index in [2.05, 4.69) is 58.2 Å². The first-order valence-corrected chi connectivity index (χ1v) is 13.9. The third-order valence-electron chi connectivity index (χ3n) is 7.85. The van der Waals surface area contributed by atoms with Crippen LogP contribution in [0, 0.1) is 27.7 Å². The highest BCUT2D eigenvalue weighted by Gasteiger charge is 2.25. The summed E-state index contributed by atoms with van der Waals surface area (Å²) in [6.07, 6.45) is 1.92. The summed E-state index contributed by atoms with van der Waals surface area (Å²) >= 11 is 0. The maximum Gasteiger partial charge on any atom is 0.253 e. The molecule has 0 aliphatic carbocycles. The van der Waals surface area contributed by atoms with Crippen molar-refractivity contribution in [3.63, 3.8) is 0 Å². The van der Waals surface area contributed by atoms with Gasteiger partial charge in [0.2, 0.25) is 0 Å². The zero-order valence-corrected chi connectivity index (χ0v) is 24.4. The molecule has 0 bridgehead atoms. The van der Waals surface area contributed by atoms with Gasteiger partial charge in [-0.1, -0.05) is 12.1 Å². The van der Waals surface area contributed by atoms with E-state index in [1.807, 2.05) is 47.0 Å². The number of amides is 1. The lowest BCUT2D eigenvalue weighted by Gasteiger charge is -2.37. The van der Waals surface area contributed by atoms with Crippen molar-refractivity contribution < 1.29 is 9.53 Å². The quantitative estimate of drug-likeness (QED) is 0.415. The molecule has 208 valence electrons. The minimum atomic E-state index is -0.182. The van der Waals surface area contributed by atoms with E-state index in [1.165, 1.54) is 5.56 Å². The van der Waals surface area contributed by atoms with Crippen molar-refractivity contribution in [1.29, 1.82) is 0 Å². The molecule has 1 amide bonds. The van der Waals surface area contributed by atoms with Gasteiger partial charge >= 0.3 is 0 Å². The van der Waals surface area contributed by atoms with Gasteiger partial charge < -0.3 is 24.8 Å². The van der Waals surface area contributed by atoms with Crippen LogP contribution >= 0.6 is 0 Å². The van der Waals surface area contributed by atoms with Crippen LogP contribution in [0.4, 0.5) is 11.4 Å². The molecule has 7 nitrogen and oxygen atoms in total. The zero-order valence-electron chi connectivity index (χ0n) is 24.4. The normalized spacial score (nSPS) is 13.8. The SMILES string of the molecule is CCN(c1cc(-c2ccc(C)c(N(C)C)c2)cc(C(=O)NCc2c(C)cc(C)[nH]c2=O)c1C)C1CCOCC1. The van der Waals surface area contributed by atoms with Crippen LogP contribution in [0.25, 0.3) is 11.1 Å². The first-order chi connectivity index (χ1) is 18.6. The number of aryl methyl sites for hydroxylation is 3. The van der Waals surface area contributed by atoms with E-state index in [1.54, 1.807) is 0 Å². The van der Waals surface area contributed by atoms with Crippen LogP contribution in [-0.2, 0) is 11.3 Å². The second kappa shape index (κ2) is 12.1. The molecular weight excluding hydrogens is 488 g/mol. The van der Waals surface area contributed by atoms with E-state index in [0.29, 0.717) is 17.2 Å². The fourth-order valence-corrected chi connectivity index (χ4v) is 5.66. The molecule has 0 radical (unpaired) electrons. The molecule has 2 aromatic carbocycles. The molecule has 0 atom stereocenters. The smallest absolute Gasteiger partial charge is 0.253 e. The lowest BCUT2D eigenvalue weighted by molar-refractivity contribution is 0.0846. The van der Waals surface area contributed by atoms with Crippen molar-refractivity contribution in [2.45, 2.75) is 60.0 Å². The Hall–Kier alpha value is -3.58. The van der Waals surface area contributed by atoms with Gasteiger partial charge in [-0.3, -0.25) is 9.59 Å². The minimum Gasteiger partial charge on any atom is -0.381 e. The van der Waals surface area contributed by atoms with E-state index >= 15 is 0 Å². The van der Waals surface area contributed by atoms with Crippen LogP contribution in [0.2, 0.25) is 0 Å². The minimum absolute atomic E-state index is 0.161. The van der Waals surface area contributed by atoms with Crippen molar-refractivity contribution in [3.05, 3.63) is 80.3 Å². The van der Waals surface area contributed by atoms with Crippen molar-refractivity contribution in [2.24, 2.45) is 0 Å². The number of H-pyrrole nitrogens is 1. The van der Waals surface area contributed by atoms with Crippen molar-refractivity contribution in [2.75, 3.05) is 43.7 Å². The van der Waals surface area contributed by atoms with Gasteiger partial charge in [-0.2, -0.15) is 0 Å². The van der Waals surface area contributed by atoms with Gasteiger partial charge in [0.15, 0.2) is 0 Å². The van der Waals surface area contributed by atoms with Crippen molar-refractivity contribution >= 4 is 17.3 Å². The summed E-state index contributed by atoms with van der Waals surface area (Å²) in [7, 11) is 4.09. The van der Waals surface area contributed by atoms with Gasteiger partial charge in [-0.15, -0.1) is 0 Å². The van der Waals surface area contributed by atoms with E-state index in [-0.39, 0.29) is 18.0 Å². The van der Waals surface area contributed by atoms with E-state index < -0.39 is 0 Å². The summed E-state index contributed by atoms with van der Waals surface area (Å²) in [6, 6.07) is 12.9. The first kappa shape index (κ1) is 28.4. The molecule has 1 saturated heterocycles. The molecule has 39 heavy (non-hydrogen) atoms. The highest BCUT2D eigenvalue weighted by atomic mass is 16.5. The standard InChI is InChI=1S/C32H42N4O3/c1-8-36(26-11-13-39-14-12-26)30-18-25(24-10-9-20(2)29(17-24)35(6)7)16-27(23(30)5)31(37)33-19-28-21(3)15-22(4)34-32(28)38/h9-10,15-18,26H,8,11-14,19H2,1-7H3,(H,33,37)(H,34,38). The van der Waals surface area contributed by atoms with E-state index in [9.17, 15) is 9.59 Å². The number of aromatic nitrogens is 1. The number of ether oxygens (including phenoxy) is 1. The Bertz CT molecular complexity index is 1400. The third-order valence-corrected chi connectivity index (χ3v) is 7.85. The number of aromatic amines is 1. The predicted molar refractivity (Wildman–Crippen MR) is 160 cm³/mol. The largest absolute Gasteiger partial charge is 0.381 e. The van der Waals surface area contributed by atoms with Crippen LogP contribution < -0.4 is 20.7 Å². The Morgan fingerprint density at radius 3 is 2.31 bits per heavy atom. The second-order valence-electron chi connectivity index (χ2n) is 10.8. The van der Waals surface area contributed by atoms with Crippen LogP contribution in [0.3, 0.4) is 0 Å². The number of hydrogen-bond donors (Lipinski definition) is 2. The number of rotatable bonds is 8. The molecule has 2 N–H and O–H groups in total. The summed E-state index contributed by atoms with van der Waals surface area (Å²) in [4.78, 5) is 33.7. The fraction of sp³-hybridized carbons (Fsp3) is 0.438. The van der Waals surface area contributed by atoms with Crippen LogP contribution in [0.5, 0.6) is 0 Å². The maximum atomic E-state index is 13.7. The van der Waals surface area contributed by atoms with Gasteiger partial charge in [-0.05, 0) is 99.5 Å². The molecule has 1 aliphatic heterocycles. The zero-order chi connectivity index (χ0) is 28.3. The number of hydrogen-bond acceptors (Lipinski definition) is 5. The molecule has 0 unspecified atom stereocenters. The number of nitrogens with zero attached hydrogens (tertiary/aromatic N) is 2.